The number of fused-ring (bicyclic) bond motifs is 1. The molecule has 4 rings (SSSR count). The molecular weight excluding hydrogens is 406 g/mol. The van der Waals surface area contributed by atoms with Crippen molar-refractivity contribution in [3.8, 4) is 11.8 Å². The second kappa shape index (κ2) is 8.02. The van der Waals surface area contributed by atoms with Crippen molar-refractivity contribution in [1.29, 1.82) is 5.26 Å². The van der Waals surface area contributed by atoms with Gasteiger partial charge in [-0.15, -0.1) is 0 Å². The topological polar surface area (TPSA) is 56.6 Å². The zero-order valence-electron chi connectivity index (χ0n) is 16.2. The number of halogens is 1. The SMILES string of the molecule is COc1cccc([C@H]2CC(=O)N3CN(c4cccc(Cl)c4C)CSC3=C2C#N)c1. The maximum Gasteiger partial charge on any atom is 0.229 e. The number of thioether (sulfide) groups is 1. The van der Waals surface area contributed by atoms with Crippen molar-refractivity contribution in [1.82, 2.24) is 4.90 Å². The average Bonchev–Trinajstić information content (AvgIpc) is 2.75. The van der Waals surface area contributed by atoms with E-state index < -0.39 is 0 Å². The van der Waals surface area contributed by atoms with E-state index in [0.717, 1.165) is 27.6 Å². The van der Waals surface area contributed by atoms with Crippen LogP contribution < -0.4 is 9.64 Å². The predicted octanol–water partition coefficient (Wildman–Crippen LogP) is 4.88. The number of nitrogens with zero attached hydrogens (tertiary/aromatic N) is 3. The van der Waals surface area contributed by atoms with Crippen LogP contribution in [0.1, 0.15) is 23.5 Å². The smallest absolute Gasteiger partial charge is 0.229 e. The Hall–Kier alpha value is -2.62. The first-order chi connectivity index (χ1) is 14.0. The molecule has 29 heavy (non-hydrogen) atoms. The van der Waals surface area contributed by atoms with Gasteiger partial charge in [-0.05, 0) is 42.3 Å². The van der Waals surface area contributed by atoms with Crippen LogP contribution >= 0.6 is 23.4 Å². The highest BCUT2D eigenvalue weighted by Crippen LogP contribution is 2.44. The zero-order valence-corrected chi connectivity index (χ0v) is 17.8. The molecule has 0 saturated carbocycles. The minimum absolute atomic E-state index is 0.0173. The molecule has 2 aliphatic heterocycles. The molecule has 2 heterocycles. The summed E-state index contributed by atoms with van der Waals surface area (Å²) >= 11 is 7.80. The highest BCUT2D eigenvalue weighted by atomic mass is 35.5. The molecule has 148 valence electrons. The number of rotatable bonds is 3. The Morgan fingerprint density at radius 1 is 1.28 bits per heavy atom. The molecule has 2 aliphatic rings. The van der Waals surface area contributed by atoms with Crippen molar-refractivity contribution in [3.05, 3.63) is 69.2 Å². The van der Waals surface area contributed by atoms with E-state index in [1.165, 1.54) is 11.8 Å². The highest BCUT2D eigenvalue weighted by molar-refractivity contribution is 8.03. The lowest BCUT2D eigenvalue weighted by molar-refractivity contribution is -0.129. The van der Waals surface area contributed by atoms with E-state index in [2.05, 4.69) is 11.0 Å². The molecule has 1 amide bonds. The molecule has 0 N–H and O–H groups in total. The second-order valence-electron chi connectivity index (χ2n) is 7.02. The molecule has 1 saturated heterocycles. The summed E-state index contributed by atoms with van der Waals surface area (Å²) in [6.07, 6.45) is 0.266. The summed E-state index contributed by atoms with van der Waals surface area (Å²) in [6.45, 7) is 2.39. The first-order valence-corrected chi connectivity index (χ1v) is 10.6. The molecule has 2 aromatic rings. The number of ether oxygens (including phenoxy) is 1. The summed E-state index contributed by atoms with van der Waals surface area (Å²) in [5.41, 5.74) is 3.56. The van der Waals surface area contributed by atoms with Crippen LogP contribution in [0.3, 0.4) is 0 Å². The van der Waals surface area contributed by atoms with Gasteiger partial charge >= 0.3 is 0 Å². The third-order valence-electron chi connectivity index (χ3n) is 5.37. The number of carbonyl (C=O) groups is 1. The first kappa shape index (κ1) is 19.7. The maximum atomic E-state index is 13.0. The number of benzene rings is 2. The quantitative estimate of drug-likeness (QED) is 0.701. The van der Waals surface area contributed by atoms with E-state index in [-0.39, 0.29) is 18.2 Å². The van der Waals surface area contributed by atoms with Crippen LogP contribution in [0.15, 0.2) is 53.1 Å². The Bertz CT molecular complexity index is 1050. The van der Waals surface area contributed by atoms with Gasteiger partial charge in [0.2, 0.25) is 5.91 Å². The molecule has 0 aliphatic carbocycles. The fourth-order valence-corrected chi connectivity index (χ4v) is 5.12. The fraction of sp³-hybridized carbons (Fsp3) is 0.273. The molecular formula is C22H20ClN3O2S. The molecule has 0 unspecified atom stereocenters. The zero-order chi connectivity index (χ0) is 20.5. The Morgan fingerprint density at radius 3 is 2.83 bits per heavy atom. The van der Waals surface area contributed by atoms with Gasteiger partial charge in [-0.1, -0.05) is 41.6 Å². The molecule has 5 nitrogen and oxygen atoms in total. The Labute approximate surface area is 179 Å². The number of amides is 1. The van der Waals surface area contributed by atoms with Gasteiger partial charge in [0.15, 0.2) is 0 Å². The van der Waals surface area contributed by atoms with Crippen LogP contribution in [0, 0.1) is 18.3 Å². The van der Waals surface area contributed by atoms with Gasteiger partial charge < -0.3 is 9.64 Å². The molecule has 0 spiro atoms. The molecule has 1 fully saturated rings. The van der Waals surface area contributed by atoms with Gasteiger partial charge in [-0.25, -0.2) is 0 Å². The van der Waals surface area contributed by atoms with Crippen LogP contribution in [0.2, 0.25) is 5.02 Å². The van der Waals surface area contributed by atoms with Gasteiger partial charge in [-0.2, -0.15) is 5.26 Å². The Balaban J connectivity index is 1.68. The fourth-order valence-electron chi connectivity index (χ4n) is 3.80. The van der Waals surface area contributed by atoms with Crippen LogP contribution in [0.25, 0.3) is 0 Å². The van der Waals surface area contributed by atoms with Gasteiger partial charge in [0, 0.05) is 23.0 Å². The number of allylic oxidation sites excluding steroid dienone is 1. The summed E-state index contributed by atoms with van der Waals surface area (Å²) in [6, 6.07) is 15.8. The number of nitriles is 1. The summed E-state index contributed by atoms with van der Waals surface area (Å²) in [5.74, 6) is 1.14. The van der Waals surface area contributed by atoms with Gasteiger partial charge in [0.1, 0.15) is 5.75 Å². The maximum absolute atomic E-state index is 13.0. The van der Waals surface area contributed by atoms with Gasteiger partial charge in [0.25, 0.3) is 0 Å². The standard InChI is InChI=1S/C22H20ClN3O2S/c1-14-19(23)7-4-8-20(14)25-12-26-21(27)10-17(18(11-24)22(26)29-13-25)15-5-3-6-16(9-15)28-2/h3-9,17H,10,12-13H2,1-2H3/t17-/m1/s1. The molecule has 7 heteroatoms. The van der Waals surface area contributed by atoms with Crippen LogP contribution in [0.4, 0.5) is 5.69 Å². The van der Waals surface area contributed by atoms with Crippen LogP contribution in [0.5, 0.6) is 5.75 Å². The summed E-state index contributed by atoms with van der Waals surface area (Å²) < 4.78 is 5.31. The normalized spacial score (nSPS) is 19.1. The van der Waals surface area contributed by atoms with Crippen molar-refractivity contribution >= 4 is 35.0 Å². The van der Waals surface area contributed by atoms with Crippen LogP contribution in [-0.4, -0.2) is 30.5 Å². The Morgan fingerprint density at radius 2 is 2.07 bits per heavy atom. The van der Waals surface area contributed by atoms with E-state index in [9.17, 15) is 10.1 Å². The van der Waals surface area contributed by atoms with E-state index >= 15 is 0 Å². The van der Waals surface area contributed by atoms with Crippen LogP contribution in [-0.2, 0) is 4.79 Å². The van der Waals surface area contributed by atoms with Gasteiger partial charge in [-0.3, -0.25) is 9.69 Å². The predicted molar refractivity (Wildman–Crippen MR) is 116 cm³/mol. The summed E-state index contributed by atoms with van der Waals surface area (Å²) in [5, 5.41) is 11.4. The third kappa shape index (κ3) is 3.57. The summed E-state index contributed by atoms with van der Waals surface area (Å²) in [4.78, 5) is 16.9. The Kier molecular flexibility index (Phi) is 5.44. The van der Waals surface area contributed by atoms with E-state index in [4.69, 9.17) is 16.3 Å². The first-order valence-electron chi connectivity index (χ1n) is 9.25. The molecule has 2 aromatic carbocycles. The average molecular weight is 426 g/mol. The van der Waals surface area contributed by atoms with E-state index in [1.807, 2.05) is 49.4 Å². The lowest BCUT2D eigenvalue weighted by Crippen LogP contribution is -2.47. The number of methoxy groups -OCH3 is 1. The number of carbonyl (C=O) groups excluding carboxylic acids is 1. The number of hydrogen-bond donors (Lipinski definition) is 0. The summed E-state index contributed by atoms with van der Waals surface area (Å²) in [7, 11) is 1.61. The van der Waals surface area contributed by atoms with Crippen molar-refractivity contribution in [2.45, 2.75) is 19.3 Å². The monoisotopic (exact) mass is 425 g/mol. The molecule has 0 bridgehead atoms. The lowest BCUT2D eigenvalue weighted by atomic mass is 9.86. The van der Waals surface area contributed by atoms with Crippen molar-refractivity contribution < 1.29 is 9.53 Å². The van der Waals surface area contributed by atoms with E-state index in [1.54, 1.807) is 12.0 Å². The number of anilines is 1. The minimum Gasteiger partial charge on any atom is -0.497 e. The van der Waals surface area contributed by atoms with Crippen molar-refractivity contribution in [2.24, 2.45) is 0 Å². The molecule has 0 aromatic heterocycles. The minimum atomic E-state index is -0.249. The highest BCUT2D eigenvalue weighted by Gasteiger charge is 2.38. The molecule has 0 radical (unpaired) electrons. The molecule has 1 atom stereocenters. The second-order valence-corrected chi connectivity index (χ2v) is 8.37. The van der Waals surface area contributed by atoms with E-state index in [0.29, 0.717) is 23.1 Å². The lowest BCUT2D eigenvalue weighted by Gasteiger charge is -2.42. The van der Waals surface area contributed by atoms with Crippen molar-refractivity contribution in [2.75, 3.05) is 24.6 Å². The van der Waals surface area contributed by atoms with Gasteiger partial charge in [0.05, 0.1) is 36.3 Å². The third-order valence-corrected chi connectivity index (χ3v) is 6.93. The van der Waals surface area contributed by atoms with Crippen molar-refractivity contribution in [3.63, 3.8) is 0 Å². The number of hydrogen-bond acceptors (Lipinski definition) is 5. The largest absolute Gasteiger partial charge is 0.497 e.